The van der Waals surface area contributed by atoms with E-state index < -0.39 is 0 Å². The molecule has 2 saturated carbocycles. The van der Waals surface area contributed by atoms with Crippen molar-refractivity contribution in [2.75, 3.05) is 0 Å². The molecular formula is C9H14. The third-order valence-electron chi connectivity index (χ3n) is 2.91. The summed E-state index contributed by atoms with van der Waals surface area (Å²) in [6.45, 7) is 4.10. The van der Waals surface area contributed by atoms with Crippen LogP contribution >= 0.6 is 0 Å². The summed E-state index contributed by atoms with van der Waals surface area (Å²) in [7, 11) is 0. The third kappa shape index (κ3) is 0.810. The molecule has 2 aliphatic rings. The summed E-state index contributed by atoms with van der Waals surface area (Å²) in [5, 5.41) is 0. The van der Waals surface area contributed by atoms with Gasteiger partial charge < -0.3 is 0 Å². The van der Waals surface area contributed by atoms with Crippen LogP contribution in [0.1, 0.15) is 32.1 Å². The maximum atomic E-state index is 4.10. The Morgan fingerprint density at radius 3 is 2.89 bits per heavy atom. The van der Waals surface area contributed by atoms with Gasteiger partial charge in [0.1, 0.15) is 0 Å². The van der Waals surface area contributed by atoms with E-state index in [-0.39, 0.29) is 0 Å². The zero-order valence-electron chi connectivity index (χ0n) is 5.90. The minimum Gasteiger partial charge on any atom is -0.0996 e. The van der Waals surface area contributed by atoms with Gasteiger partial charge in [-0.05, 0) is 31.1 Å². The topological polar surface area (TPSA) is 0 Å². The van der Waals surface area contributed by atoms with E-state index in [4.69, 9.17) is 0 Å². The fraction of sp³-hybridized carbons (Fsp3) is 0.778. The lowest BCUT2D eigenvalue weighted by atomic mass is 9.89. The van der Waals surface area contributed by atoms with E-state index in [0.717, 1.165) is 11.8 Å². The third-order valence-corrected chi connectivity index (χ3v) is 2.91. The summed E-state index contributed by atoms with van der Waals surface area (Å²) in [5.41, 5.74) is 1.55. The highest BCUT2D eigenvalue weighted by atomic mass is 14.4. The van der Waals surface area contributed by atoms with Crippen LogP contribution in [0.5, 0.6) is 0 Å². The average molecular weight is 122 g/mol. The average Bonchev–Trinajstić information content (AvgIpc) is 2.09. The molecule has 0 aromatic heterocycles. The first-order valence-corrected chi connectivity index (χ1v) is 4.04. The van der Waals surface area contributed by atoms with E-state index in [1.807, 2.05) is 0 Å². The van der Waals surface area contributed by atoms with E-state index in [2.05, 4.69) is 6.58 Å². The van der Waals surface area contributed by atoms with Gasteiger partial charge in [-0.1, -0.05) is 25.0 Å². The molecule has 1 unspecified atom stereocenters. The molecule has 0 aromatic carbocycles. The molecule has 2 fully saturated rings. The molecule has 2 atom stereocenters. The van der Waals surface area contributed by atoms with Gasteiger partial charge in [0, 0.05) is 0 Å². The zero-order chi connectivity index (χ0) is 6.27. The molecule has 0 N–H and O–H groups in total. The maximum Gasteiger partial charge on any atom is -0.0203 e. The Labute approximate surface area is 57.0 Å². The van der Waals surface area contributed by atoms with Gasteiger partial charge in [-0.25, -0.2) is 0 Å². The summed E-state index contributed by atoms with van der Waals surface area (Å²) < 4.78 is 0. The van der Waals surface area contributed by atoms with E-state index in [9.17, 15) is 0 Å². The predicted molar refractivity (Wildman–Crippen MR) is 39.2 cm³/mol. The van der Waals surface area contributed by atoms with Crippen molar-refractivity contribution in [3.8, 4) is 0 Å². The van der Waals surface area contributed by atoms with Crippen LogP contribution in [0.2, 0.25) is 0 Å². The van der Waals surface area contributed by atoms with Crippen molar-refractivity contribution in [3.63, 3.8) is 0 Å². The fourth-order valence-corrected chi connectivity index (χ4v) is 2.38. The van der Waals surface area contributed by atoms with Gasteiger partial charge in [0.05, 0.1) is 0 Å². The SMILES string of the molecule is C=C1C[C@@H]2CCCC1C2. The van der Waals surface area contributed by atoms with Gasteiger partial charge in [-0.2, -0.15) is 0 Å². The Hall–Kier alpha value is -0.260. The second kappa shape index (κ2) is 1.86. The molecule has 0 heterocycles. The van der Waals surface area contributed by atoms with Crippen LogP contribution in [0, 0.1) is 11.8 Å². The lowest BCUT2D eigenvalue weighted by Gasteiger charge is -2.16. The molecule has 0 amide bonds. The van der Waals surface area contributed by atoms with Crippen molar-refractivity contribution < 1.29 is 0 Å². The van der Waals surface area contributed by atoms with Gasteiger partial charge >= 0.3 is 0 Å². The van der Waals surface area contributed by atoms with E-state index in [1.54, 1.807) is 5.57 Å². The number of fused-ring (bicyclic) bond motifs is 2. The van der Waals surface area contributed by atoms with Gasteiger partial charge in [0.2, 0.25) is 0 Å². The van der Waals surface area contributed by atoms with Crippen molar-refractivity contribution in [3.05, 3.63) is 12.2 Å². The largest absolute Gasteiger partial charge is 0.0996 e. The van der Waals surface area contributed by atoms with Gasteiger partial charge in [-0.3, -0.25) is 0 Å². The molecule has 0 aromatic rings. The van der Waals surface area contributed by atoms with Crippen molar-refractivity contribution in [2.45, 2.75) is 32.1 Å². The number of hydrogen-bond donors (Lipinski definition) is 0. The number of allylic oxidation sites excluding steroid dienone is 1. The normalized spacial score (nSPS) is 41.6. The number of hydrogen-bond acceptors (Lipinski definition) is 0. The van der Waals surface area contributed by atoms with Gasteiger partial charge in [-0.15, -0.1) is 0 Å². The summed E-state index contributed by atoms with van der Waals surface area (Å²) in [5.74, 6) is 1.97. The Kier molecular flexibility index (Phi) is 1.14. The minimum atomic E-state index is 0.934. The van der Waals surface area contributed by atoms with E-state index in [1.165, 1.54) is 32.1 Å². The molecule has 0 radical (unpaired) electrons. The highest BCUT2D eigenvalue weighted by Crippen LogP contribution is 2.44. The Bertz CT molecular complexity index is 135. The molecule has 0 nitrogen and oxygen atoms in total. The van der Waals surface area contributed by atoms with Crippen molar-refractivity contribution in [1.82, 2.24) is 0 Å². The molecule has 0 heteroatoms. The quantitative estimate of drug-likeness (QED) is 0.433. The number of rotatable bonds is 0. The molecular weight excluding hydrogens is 108 g/mol. The van der Waals surface area contributed by atoms with Gasteiger partial charge in [0.15, 0.2) is 0 Å². The predicted octanol–water partition coefficient (Wildman–Crippen LogP) is 2.75. The molecule has 2 aliphatic carbocycles. The lowest BCUT2D eigenvalue weighted by molar-refractivity contribution is 0.368. The molecule has 2 bridgehead atoms. The van der Waals surface area contributed by atoms with Gasteiger partial charge in [0.25, 0.3) is 0 Å². The zero-order valence-corrected chi connectivity index (χ0v) is 5.90. The molecule has 2 rings (SSSR count). The highest BCUT2D eigenvalue weighted by Gasteiger charge is 2.30. The smallest absolute Gasteiger partial charge is 0.0203 e. The monoisotopic (exact) mass is 122 g/mol. The van der Waals surface area contributed by atoms with Crippen LogP contribution in [0.25, 0.3) is 0 Å². The molecule has 0 spiro atoms. The van der Waals surface area contributed by atoms with E-state index in [0.29, 0.717) is 0 Å². The molecule has 0 saturated heterocycles. The standard InChI is InChI=1S/C9H14/c1-7-5-8-3-2-4-9(7)6-8/h8-9H,1-6H2/t8-,9?/m0/s1. The summed E-state index contributed by atoms with van der Waals surface area (Å²) in [6, 6.07) is 0. The van der Waals surface area contributed by atoms with Crippen LogP contribution in [0.15, 0.2) is 12.2 Å². The van der Waals surface area contributed by atoms with Crippen molar-refractivity contribution in [2.24, 2.45) is 11.8 Å². The highest BCUT2D eigenvalue weighted by molar-refractivity contribution is 5.10. The summed E-state index contributed by atoms with van der Waals surface area (Å²) >= 11 is 0. The second-order valence-electron chi connectivity index (χ2n) is 3.59. The summed E-state index contributed by atoms with van der Waals surface area (Å²) in [4.78, 5) is 0. The summed E-state index contributed by atoms with van der Waals surface area (Å²) in [6.07, 6.45) is 7.21. The maximum absolute atomic E-state index is 4.10. The first-order valence-electron chi connectivity index (χ1n) is 4.04. The van der Waals surface area contributed by atoms with Crippen LogP contribution in [-0.2, 0) is 0 Å². The first kappa shape index (κ1) is 5.52. The van der Waals surface area contributed by atoms with Crippen LogP contribution < -0.4 is 0 Å². The first-order chi connectivity index (χ1) is 4.36. The molecule has 9 heavy (non-hydrogen) atoms. The second-order valence-corrected chi connectivity index (χ2v) is 3.59. The van der Waals surface area contributed by atoms with Crippen LogP contribution in [-0.4, -0.2) is 0 Å². The Balaban J connectivity index is 2.15. The van der Waals surface area contributed by atoms with Crippen molar-refractivity contribution >= 4 is 0 Å². The minimum absolute atomic E-state index is 0.934. The lowest BCUT2D eigenvalue weighted by Crippen LogP contribution is -2.04. The molecule has 50 valence electrons. The van der Waals surface area contributed by atoms with Crippen LogP contribution in [0.3, 0.4) is 0 Å². The van der Waals surface area contributed by atoms with Crippen molar-refractivity contribution in [1.29, 1.82) is 0 Å². The Morgan fingerprint density at radius 2 is 2.22 bits per heavy atom. The van der Waals surface area contributed by atoms with Crippen LogP contribution in [0.4, 0.5) is 0 Å². The molecule has 0 aliphatic heterocycles. The fourth-order valence-electron chi connectivity index (χ4n) is 2.38. The Morgan fingerprint density at radius 1 is 1.33 bits per heavy atom. The van der Waals surface area contributed by atoms with E-state index >= 15 is 0 Å².